The number of rotatable bonds is 3. The summed E-state index contributed by atoms with van der Waals surface area (Å²) in [6.45, 7) is 1.01. The largest absolute Gasteiger partial charge is 0.364 e. The van der Waals surface area contributed by atoms with Crippen LogP contribution in [0.5, 0.6) is 0 Å². The number of nitrogens with zero attached hydrogens (tertiary/aromatic N) is 1. The van der Waals surface area contributed by atoms with Gasteiger partial charge in [-0.25, -0.2) is 8.42 Å². The van der Waals surface area contributed by atoms with E-state index in [1.807, 2.05) is 12.1 Å². The third kappa shape index (κ3) is 3.30. The summed E-state index contributed by atoms with van der Waals surface area (Å²) in [6.07, 6.45) is 3.53. The predicted molar refractivity (Wildman–Crippen MR) is 98.0 cm³/mol. The zero-order valence-corrected chi connectivity index (χ0v) is 15.3. The van der Waals surface area contributed by atoms with Gasteiger partial charge in [-0.15, -0.1) is 0 Å². The zero-order valence-electron chi connectivity index (χ0n) is 12.4. The average molecular weight is 427 g/mol. The van der Waals surface area contributed by atoms with Crippen LogP contribution in [0.1, 0.15) is 24.4 Å². The first kappa shape index (κ1) is 15.8. The van der Waals surface area contributed by atoms with Crippen LogP contribution in [0.25, 0.3) is 0 Å². The van der Waals surface area contributed by atoms with Gasteiger partial charge in [0.05, 0.1) is 10.9 Å². The maximum atomic E-state index is 11.6. The van der Waals surface area contributed by atoms with Crippen molar-refractivity contribution in [2.75, 3.05) is 17.7 Å². The van der Waals surface area contributed by atoms with Gasteiger partial charge >= 0.3 is 0 Å². The molecule has 3 nitrogen and oxygen atoms in total. The molecule has 0 N–H and O–H groups in total. The smallest absolute Gasteiger partial charge is 0.175 e. The summed E-state index contributed by atoms with van der Waals surface area (Å²) >= 11 is 2.32. The first-order valence-electron chi connectivity index (χ1n) is 7.27. The van der Waals surface area contributed by atoms with Crippen molar-refractivity contribution in [2.24, 2.45) is 0 Å². The van der Waals surface area contributed by atoms with Crippen molar-refractivity contribution in [3.8, 4) is 0 Å². The number of hydrogen-bond acceptors (Lipinski definition) is 3. The van der Waals surface area contributed by atoms with Crippen LogP contribution in [-0.2, 0) is 9.84 Å². The minimum absolute atomic E-state index is 0.376. The molecule has 1 atom stereocenters. The predicted octanol–water partition coefficient (Wildman–Crippen LogP) is 4.04. The van der Waals surface area contributed by atoms with Gasteiger partial charge in [0.1, 0.15) is 0 Å². The maximum Gasteiger partial charge on any atom is 0.175 e. The highest BCUT2D eigenvalue weighted by Gasteiger charge is 2.26. The fourth-order valence-electron chi connectivity index (χ4n) is 2.99. The highest BCUT2D eigenvalue weighted by Crippen LogP contribution is 2.36. The van der Waals surface area contributed by atoms with Gasteiger partial charge in [0.25, 0.3) is 0 Å². The molecule has 0 radical (unpaired) electrons. The maximum absolute atomic E-state index is 11.6. The van der Waals surface area contributed by atoms with Crippen molar-refractivity contribution in [1.82, 2.24) is 0 Å². The van der Waals surface area contributed by atoms with E-state index in [0.717, 1.165) is 25.1 Å². The highest BCUT2D eigenvalue weighted by molar-refractivity contribution is 14.1. The molecule has 0 aliphatic carbocycles. The third-order valence-corrected chi connectivity index (χ3v) is 5.95. The lowest BCUT2D eigenvalue weighted by Gasteiger charge is -2.27. The molecule has 1 unspecified atom stereocenters. The van der Waals surface area contributed by atoms with Crippen molar-refractivity contribution < 1.29 is 8.42 Å². The van der Waals surface area contributed by atoms with Crippen LogP contribution in [0.3, 0.4) is 0 Å². The van der Waals surface area contributed by atoms with Gasteiger partial charge in [0.15, 0.2) is 9.84 Å². The van der Waals surface area contributed by atoms with Crippen LogP contribution < -0.4 is 4.90 Å². The molecule has 0 bridgehead atoms. The summed E-state index contributed by atoms with van der Waals surface area (Å²) in [5.74, 6) is 0. The Morgan fingerprint density at radius 2 is 1.68 bits per heavy atom. The van der Waals surface area contributed by atoms with Crippen molar-refractivity contribution in [2.45, 2.75) is 23.8 Å². The summed E-state index contributed by atoms with van der Waals surface area (Å²) in [7, 11) is -3.13. The number of sulfone groups is 1. The van der Waals surface area contributed by atoms with E-state index in [2.05, 4.69) is 51.8 Å². The lowest BCUT2D eigenvalue weighted by molar-refractivity contribution is 0.602. The summed E-state index contributed by atoms with van der Waals surface area (Å²) < 4.78 is 24.4. The molecule has 1 aliphatic rings. The average Bonchev–Trinajstić information content (AvgIpc) is 2.97. The fraction of sp³-hybridized carbons (Fsp3) is 0.294. The third-order valence-electron chi connectivity index (χ3n) is 4.10. The molecule has 1 heterocycles. The molecule has 2 aromatic rings. The highest BCUT2D eigenvalue weighted by atomic mass is 127. The standard InChI is InChI=1S/C17H18INO2S/c1-22(20,21)16-10-8-15(9-11-16)19-12-2-3-17(19)13-4-6-14(18)7-5-13/h4-11,17H,2-3,12H2,1H3. The summed E-state index contributed by atoms with van der Waals surface area (Å²) in [6, 6.07) is 16.3. The Morgan fingerprint density at radius 1 is 1.05 bits per heavy atom. The quantitative estimate of drug-likeness (QED) is 0.695. The first-order valence-corrected chi connectivity index (χ1v) is 10.2. The van der Waals surface area contributed by atoms with Crippen LogP contribution in [0, 0.1) is 3.57 Å². The van der Waals surface area contributed by atoms with Crippen molar-refractivity contribution >= 4 is 38.1 Å². The van der Waals surface area contributed by atoms with E-state index in [-0.39, 0.29) is 0 Å². The zero-order chi connectivity index (χ0) is 15.7. The lowest BCUT2D eigenvalue weighted by Crippen LogP contribution is -2.22. The van der Waals surface area contributed by atoms with E-state index in [9.17, 15) is 8.42 Å². The summed E-state index contributed by atoms with van der Waals surface area (Å²) in [4.78, 5) is 2.75. The second-order valence-electron chi connectivity index (χ2n) is 5.67. The Balaban J connectivity index is 1.88. The number of halogens is 1. The van der Waals surface area contributed by atoms with Crippen molar-refractivity contribution in [1.29, 1.82) is 0 Å². The van der Waals surface area contributed by atoms with Crippen molar-refractivity contribution in [3.63, 3.8) is 0 Å². The van der Waals surface area contributed by atoms with Crippen LogP contribution in [0.4, 0.5) is 5.69 Å². The monoisotopic (exact) mass is 427 g/mol. The summed E-state index contributed by atoms with van der Waals surface area (Å²) in [5.41, 5.74) is 2.42. The van der Waals surface area contributed by atoms with E-state index in [0.29, 0.717) is 10.9 Å². The SMILES string of the molecule is CS(=O)(=O)c1ccc(N2CCCC2c2ccc(I)cc2)cc1. The minimum atomic E-state index is -3.13. The number of anilines is 1. The van der Waals surface area contributed by atoms with Crippen molar-refractivity contribution in [3.05, 3.63) is 57.7 Å². The van der Waals surface area contributed by atoms with Crippen LogP contribution in [0.2, 0.25) is 0 Å². The molecule has 1 aliphatic heterocycles. The molecular formula is C17H18INO2S. The van der Waals surface area contributed by atoms with E-state index in [1.165, 1.54) is 15.4 Å². The Hall–Kier alpha value is -1.08. The van der Waals surface area contributed by atoms with Gasteiger partial charge in [-0.1, -0.05) is 12.1 Å². The second kappa shape index (κ2) is 6.20. The molecule has 0 aromatic heterocycles. The number of hydrogen-bond donors (Lipinski definition) is 0. The van der Waals surface area contributed by atoms with Gasteiger partial charge in [0.2, 0.25) is 0 Å². The lowest BCUT2D eigenvalue weighted by atomic mass is 10.0. The van der Waals surface area contributed by atoms with Gasteiger partial charge in [-0.2, -0.15) is 0 Å². The van der Waals surface area contributed by atoms with Crippen LogP contribution >= 0.6 is 22.6 Å². The molecule has 1 fully saturated rings. The second-order valence-corrected chi connectivity index (χ2v) is 8.93. The number of benzene rings is 2. The minimum Gasteiger partial charge on any atom is -0.364 e. The Bertz CT molecular complexity index is 754. The van der Waals surface area contributed by atoms with Gasteiger partial charge in [-0.3, -0.25) is 0 Å². The van der Waals surface area contributed by atoms with E-state index in [1.54, 1.807) is 12.1 Å². The Labute approximate surface area is 145 Å². The molecule has 0 saturated carbocycles. The van der Waals surface area contributed by atoms with E-state index in [4.69, 9.17) is 0 Å². The topological polar surface area (TPSA) is 37.4 Å². The molecule has 5 heteroatoms. The summed E-state index contributed by atoms with van der Waals surface area (Å²) in [5, 5.41) is 0. The Morgan fingerprint density at radius 3 is 2.27 bits per heavy atom. The van der Waals surface area contributed by atoms with Gasteiger partial charge in [0, 0.05) is 22.1 Å². The Kier molecular flexibility index (Phi) is 4.45. The van der Waals surface area contributed by atoms with Gasteiger partial charge in [-0.05, 0) is 77.4 Å². The molecule has 116 valence electrons. The normalized spacial score (nSPS) is 18.6. The molecule has 0 amide bonds. The van der Waals surface area contributed by atoms with Gasteiger partial charge < -0.3 is 4.90 Å². The molecule has 3 rings (SSSR count). The molecule has 2 aromatic carbocycles. The fourth-order valence-corrected chi connectivity index (χ4v) is 3.98. The van der Waals surface area contributed by atoms with E-state index >= 15 is 0 Å². The molecule has 22 heavy (non-hydrogen) atoms. The molecular weight excluding hydrogens is 409 g/mol. The molecule has 1 saturated heterocycles. The van der Waals surface area contributed by atoms with Crippen LogP contribution in [0.15, 0.2) is 53.4 Å². The first-order chi connectivity index (χ1) is 10.4. The molecule has 0 spiro atoms. The van der Waals surface area contributed by atoms with E-state index < -0.39 is 9.84 Å². The van der Waals surface area contributed by atoms with Crippen LogP contribution in [-0.4, -0.2) is 21.2 Å².